The fourth-order valence-electron chi connectivity index (χ4n) is 4.39. The van der Waals surface area contributed by atoms with Gasteiger partial charge in [0, 0.05) is 45.0 Å². The molecular weight excluding hydrogens is 424 g/mol. The number of hydrogen-bond acceptors (Lipinski definition) is 5. The number of rotatable bonds is 4. The average molecular weight is 455 g/mol. The number of aromatic nitrogens is 2. The lowest BCUT2D eigenvalue weighted by molar-refractivity contribution is 0.180. The highest BCUT2D eigenvalue weighted by Gasteiger charge is 2.31. The van der Waals surface area contributed by atoms with Crippen molar-refractivity contribution < 1.29 is 8.42 Å². The van der Waals surface area contributed by atoms with Crippen LogP contribution in [-0.2, 0) is 16.6 Å². The molecule has 2 aromatic heterocycles. The van der Waals surface area contributed by atoms with E-state index in [-0.39, 0.29) is 5.56 Å². The standard InChI is InChI=1S/C24H30N4O3S/c1-16-6-7-22-25-21(13-23(29)28(22)14-16)15-26-8-10-27(11-9-26)32(30,31)24-19(4)17(2)12-18(3)20(24)5/h6-7,12-14H,8-11,15H2,1-5H3. The van der Waals surface area contributed by atoms with Gasteiger partial charge in [0.2, 0.25) is 10.0 Å². The highest BCUT2D eigenvalue weighted by Crippen LogP contribution is 2.29. The number of hydrogen-bond donors (Lipinski definition) is 0. The highest BCUT2D eigenvalue weighted by molar-refractivity contribution is 7.89. The van der Waals surface area contributed by atoms with E-state index in [9.17, 15) is 13.2 Å². The zero-order chi connectivity index (χ0) is 23.2. The summed E-state index contributed by atoms with van der Waals surface area (Å²) in [6.45, 7) is 12.2. The lowest BCUT2D eigenvalue weighted by Crippen LogP contribution is -2.48. The summed E-state index contributed by atoms with van der Waals surface area (Å²) in [6.07, 6.45) is 1.79. The van der Waals surface area contributed by atoms with Crippen molar-refractivity contribution in [1.82, 2.24) is 18.6 Å². The summed E-state index contributed by atoms with van der Waals surface area (Å²) in [5.41, 5.74) is 5.87. The molecule has 0 radical (unpaired) electrons. The van der Waals surface area contributed by atoms with E-state index in [0.29, 0.717) is 49.0 Å². The summed E-state index contributed by atoms with van der Waals surface area (Å²) in [5.74, 6) is 0. The summed E-state index contributed by atoms with van der Waals surface area (Å²) in [6, 6.07) is 7.39. The zero-order valence-corrected chi connectivity index (χ0v) is 20.2. The Kier molecular flexibility index (Phi) is 5.96. The van der Waals surface area contributed by atoms with E-state index in [1.165, 1.54) is 0 Å². The Labute approximate surface area is 189 Å². The highest BCUT2D eigenvalue weighted by atomic mass is 32.2. The van der Waals surface area contributed by atoms with Crippen LogP contribution in [0.1, 0.15) is 33.5 Å². The monoisotopic (exact) mass is 454 g/mol. The lowest BCUT2D eigenvalue weighted by Gasteiger charge is -2.34. The Hall–Kier alpha value is -2.55. The summed E-state index contributed by atoms with van der Waals surface area (Å²) in [5, 5.41) is 0. The van der Waals surface area contributed by atoms with Gasteiger partial charge in [0.05, 0.1) is 10.6 Å². The Morgan fingerprint density at radius 3 is 2.16 bits per heavy atom. The number of sulfonamides is 1. The molecule has 170 valence electrons. The van der Waals surface area contributed by atoms with Gasteiger partial charge in [0.1, 0.15) is 5.65 Å². The van der Waals surface area contributed by atoms with Crippen LogP contribution in [0.4, 0.5) is 0 Å². The summed E-state index contributed by atoms with van der Waals surface area (Å²) < 4.78 is 30.1. The van der Waals surface area contributed by atoms with Gasteiger partial charge in [-0.05, 0) is 68.5 Å². The Morgan fingerprint density at radius 1 is 0.906 bits per heavy atom. The minimum Gasteiger partial charge on any atom is -0.295 e. The first-order valence-electron chi connectivity index (χ1n) is 10.9. The van der Waals surface area contributed by atoms with E-state index in [0.717, 1.165) is 27.8 Å². The molecule has 0 N–H and O–H groups in total. The maximum Gasteiger partial charge on any atom is 0.258 e. The molecule has 1 aliphatic rings. The molecule has 1 fully saturated rings. The first kappa shape index (κ1) is 22.6. The molecule has 0 spiro atoms. The Bertz CT molecular complexity index is 1330. The van der Waals surface area contributed by atoms with E-state index in [1.807, 2.05) is 52.8 Å². The third kappa shape index (κ3) is 4.10. The molecular formula is C24H30N4O3S. The third-order valence-electron chi connectivity index (χ3n) is 6.47. The van der Waals surface area contributed by atoms with Crippen molar-refractivity contribution in [2.45, 2.75) is 46.1 Å². The SMILES string of the molecule is Cc1ccc2nc(CN3CCN(S(=O)(=O)c4c(C)c(C)cc(C)c4C)CC3)cc(=O)n2c1. The van der Waals surface area contributed by atoms with E-state index in [4.69, 9.17) is 0 Å². The van der Waals surface area contributed by atoms with E-state index >= 15 is 0 Å². The second-order valence-electron chi connectivity index (χ2n) is 8.79. The number of nitrogens with zero attached hydrogens (tertiary/aromatic N) is 4. The van der Waals surface area contributed by atoms with Crippen LogP contribution < -0.4 is 5.56 Å². The van der Waals surface area contributed by atoms with Crippen molar-refractivity contribution in [3.8, 4) is 0 Å². The van der Waals surface area contributed by atoms with Crippen LogP contribution in [0.5, 0.6) is 0 Å². The number of fused-ring (bicyclic) bond motifs is 1. The molecule has 32 heavy (non-hydrogen) atoms. The van der Waals surface area contributed by atoms with Gasteiger partial charge in [0.15, 0.2) is 0 Å². The second-order valence-corrected chi connectivity index (χ2v) is 10.7. The van der Waals surface area contributed by atoms with Crippen LogP contribution in [0.2, 0.25) is 0 Å². The van der Waals surface area contributed by atoms with Gasteiger partial charge < -0.3 is 0 Å². The van der Waals surface area contributed by atoms with Gasteiger partial charge in [-0.2, -0.15) is 4.31 Å². The maximum atomic E-state index is 13.5. The minimum absolute atomic E-state index is 0.101. The van der Waals surface area contributed by atoms with Crippen molar-refractivity contribution in [3.05, 3.63) is 74.3 Å². The largest absolute Gasteiger partial charge is 0.295 e. The molecule has 3 aromatic rings. The van der Waals surface area contributed by atoms with Crippen molar-refractivity contribution in [1.29, 1.82) is 0 Å². The maximum absolute atomic E-state index is 13.5. The summed E-state index contributed by atoms with van der Waals surface area (Å²) in [4.78, 5) is 19.7. The quantitative estimate of drug-likeness (QED) is 0.606. The van der Waals surface area contributed by atoms with Crippen molar-refractivity contribution >= 4 is 15.7 Å². The molecule has 1 aliphatic heterocycles. The van der Waals surface area contributed by atoms with Crippen LogP contribution in [0.25, 0.3) is 5.65 Å². The number of pyridine rings is 1. The van der Waals surface area contributed by atoms with Crippen molar-refractivity contribution in [2.24, 2.45) is 0 Å². The molecule has 4 rings (SSSR count). The topological polar surface area (TPSA) is 75.0 Å². The molecule has 0 aliphatic carbocycles. The van der Waals surface area contributed by atoms with Crippen LogP contribution in [0.3, 0.4) is 0 Å². The van der Waals surface area contributed by atoms with Gasteiger partial charge in [0.25, 0.3) is 5.56 Å². The molecule has 1 aromatic carbocycles. The van der Waals surface area contributed by atoms with Crippen LogP contribution in [0.15, 0.2) is 40.2 Å². The van der Waals surface area contributed by atoms with E-state index in [1.54, 1.807) is 21.0 Å². The first-order chi connectivity index (χ1) is 15.1. The van der Waals surface area contributed by atoms with E-state index in [2.05, 4.69) is 9.88 Å². The molecule has 0 bridgehead atoms. The van der Waals surface area contributed by atoms with Gasteiger partial charge in [-0.25, -0.2) is 13.4 Å². The molecule has 1 saturated heterocycles. The summed E-state index contributed by atoms with van der Waals surface area (Å²) >= 11 is 0. The fourth-order valence-corrected chi connectivity index (χ4v) is 6.39. The minimum atomic E-state index is -3.57. The third-order valence-corrected chi connectivity index (χ3v) is 8.65. The molecule has 8 heteroatoms. The normalized spacial score (nSPS) is 16.0. The molecule has 0 amide bonds. The number of aryl methyl sites for hydroxylation is 3. The predicted octanol–water partition coefficient (Wildman–Crippen LogP) is 2.74. The van der Waals surface area contributed by atoms with Crippen LogP contribution in [0, 0.1) is 34.6 Å². The van der Waals surface area contributed by atoms with Gasteiger partial charge in [-0.15, -0.1) is 0 Å². The van der Waals surface area contributed by atoms with Crippen molar-refractivity contribution in [3.63, 3.8) is 0 Å². The van der Waals surface area contributed by atoms with Crippen molar-refractivity contribution in [2.75, 3.05) is 26.2 Å². The molecule has 0 saturated carbocycles. The van der Waals surface area contributed by atoms with Gasteiger partial charge in [-0.3, -0.25) is 14.1 Å². The van der Waals surface area contributed by atoms with Crippen LogP contribution >= 0.6 is 0 Å². The van der Waals surface area contributed by atoms with Gasteiger partial charge in [-0.1, -0.05) is 12.1 Å². The predicted molar refractivity (Wildman–Crippen MR) is 126 cm³/mol. The Balaban J connectivity index is 1.51. The zero-order valence-electron chi connectivity index (χ0n) is 19.3. The second kappa shape index (κ2) is 8.42. The Morgan fingerprint density at radius 2 is 1.53 bits per heavy atom. The molecule has 0 unspecified atom stereocenters. The molecule has 0 atom stereocenters. The van der Waals surface area contributed by atoms with Crippen LogP contribution in [-0.4, -0.2) is 53.2 Å². The number of benzene rings is 1. The summed E-state index contributed by atoms with van der Waals surface area (Å²) in [7, 11) is -3.57. The molecule has 7 nitrogen and oxygen atoms in total. The van der Waals surface area contributed by atoms with Gasteiger partial charge >= 0.3 is 0 Å². The lowest BCUT2D eigenvalue weighted by atomic mass is 10.0. The number of piperazine rings is 1. The smallest absolute Gasteiger partial charge is 0.258 e. The van der Waals surface area contributed by atoms with E-state index < -0.39 is 10.0 Å². The first-order valence-corrected chi connectivity index (χ1v) is 12.3. The average Bonchev–Trinajstić information content (AvgIpc) is 2.73. The molecule has 3 heterocycles. The fraction of sp³-hybridized carbons (Fsp3) is 0.417.